The van der Waals surface area contributed by atoms with Crippen molar-refractivity contribution in [2.24, 2.45) is 0 Å². The molecule has 16 heavy (non-hydrogen) atoms. The van der Waals surface area contributed by atoms with Crippen LogP contribution in [-0.4, -0.2) is 28.5 Å². The number of aromatic nitrogens is 1. The number of hydrogen-bond donors (Lipinski definition) is 2. The fourth-order valence-corrected chi connectivity index (χ4v) is 1.72. The Morgan fingerprint density at radius 2 is 2.38 bits per heavy atom. The molecule has 5 nitrogen and oxygen atoms in total. The highest BCUT2D eigenvalue weighted by Crippen LogP contribution is 2.16. The van der Waals surface area contributed by atoms with E-state index in [0.717, 1.165) is 17.2 Å². The van der Waals surface area contributed by atoms with E-state index in [9.17, 15) is 9.59 Å². The van der Waals surface area contributed by atoms with Crippen molar-refractivity contribution in [1.82, 2.24) is 10.3 Å². The standard InChI is InChI=1S/C10H12N2O3S/c1-7(10-11-4-5-16-10)6-12-8(13)2-3-9(14)15/h2-5,7H,6H2,1H3,(H,12,13)(H,14,15)/b3-2+. The molecule has 0 spiro atoms. The van der Waals surface area contributed by atoms with Gasteiger partial charge in [-0.3, -0.25) is 4.79 Å². The first-order valence-electron chi connectivity index (χ1n) is 4.68. The van der Waals surface area contributed by atoms with Crippen LogP contribution in [0, 0.1) is 0 Å². The van der Waals surface area contributed by atoms with Crippen LogP contribution in [0.4, 0.5) is 0 Å². The molecular formula is C10H12N2O3S. The smallest absolute Gasteiger partial charge is 0.328 e. The summed E-state index contributed by atoms with van der Waals surface area (Å²) in [4.78, 5) is 25.4. The second-order valence-corrected chi connectivity index (χ2v) is 4.11. The first-order chi connectivity index (χ1) is 7.59. The van der Waals surface area contributed by atoms with E-state index >= 15 is 0 Å². The van der Waals surface area contributed by atoms with Gasteiger partial charge in [-0.1, -0.05) is 6.92 Å². The lowest BCUT2D eigenvalue weighted by Gasteiger charge is -2.07. The van der Waals surface area contributed by atoms with Crippen LogP contribution in [0.3, 0.4) is 0 Å². The molecule has 1 aromatic rings. The summed E-state index contributed by atoms with van der Waals surface area (Å²) in [7, 11) is 0. The van der Waals surface area contributed by atoms with Gasteiger partial charge in [-0.25, -0.2) is 9.78 Å². The van der Waals surface area contributed by atoms with E-state index in [0.29, 0.717) is 6.54 Å². The summed E-state index contributed by atoms with van der Waals surface area (Å²) in [6.45, 7) is 2.39. The largest absolute Gasteiger partial charge is 0.478 e. The highest BCUT2D eigenvalue weighted by atomic mass is 32.1. The van der Waals surface area contributed by atoms with Crippen molar-refractivity contribution >= 4 is 23.2 Å². The minimum Gasteiger partial charge on any atom is -0.478 e. The van der Waals surface area contributed by atoms with E-state index in [1.807, 2.05) is 12.3 Å². The summed E-state index contributed by atoms with van der Waals surface area (Å²) >= 11 is 1.53. The molecule has 0 aromatic carbocycles. The Hall–Kier alpha value is -1.69. The highest BCUT2D eigenvalue weighted by molar-refractivity contribution is 7.09. The van der Waals surface area contributed by atoms with E-state index < -0.39 is 11.9 Å². The number of carboxylic acid groups (broad SMARTS) is 1. The number of hydrogen-bond acceptors (Lipinski definition) is 4. The quantitative estimate of drug-likeness (QED) is 0.753. The molecule has 1 amide bonds. The maximum Gasteiger partial charge on any atom is 0.328 e. The van der Waals surface area contributed by atoms with Crippen LogP contribution < -0.4 is 5.32 Å². The van der Waals surface area contributed by atoms with Crippen LogP contribution in [-0.2, 0) is 9.59 Å². The third-order valence-corrected chi connectivity index (χ3v) is 2.84. The van der Waals surface area contributed by atoms with Gasteiger partial charge in [0.1, 0.15) is 0 Å². The molecule has 6 heteroatoms. The summed E-state index contributed by atoms with van der Waals surface area (Å²) < 4.78 is 0. The third-order valence-electron chi connectivity index (χ3n) is 1.83. The van der Waals surface area contributed by atoms with Gasteiger partial charge in [-0.15, -0.1) is 11.3 Å². The number of carbonyl (C=O) groups is 2. The van der Waals surface area contributed by atoms with Gasteiger partial charge >= 0.3 is 5.97 Å². The SMILES string of the molecule is CC(CNC(=O)/C=C/C(=O)O)c1nccs1. The van der Waals surface area contributed by atoms with Crippen LogP contribution in [0.25, 0.3) is 0 Å². The molecule has 1 aromatic heterocycles. The number of nitrogens with zero attached hydrogens (tertiary/aromatic N) is 1. The molecule has 0 radical (unpaired) electrons. The predicted molar refractivity (Wildman–Crippen MR) is 60.3 cm³/mol. The van der Waals surface area contributed by atoms with Gasteiger partial charge in [0.15, 0.2) is 0 Å². The van der Waals surface area contributed by atoms with Crippen molar-refractivity contribution in [3.05, 3.63) is 28.7 Å². The molecule has 1 heterocycles. The molecule has 1 atom stereocenters. The highest BCUT2D eigenvalue weighted by Gasteiger charge is 2.08. The van der Waals surface area contributed by atoms with E-state index in [1.165, 1.54) is 11.3 Å². The number of amides is 1. The van der Waals surface area contributed by atoms with Crippen molar-refractivity contribution in [2.75, 3.05) is 6.54 Å². The molecule has 0 saturated heterocycles. The number of rotatable bonds is 5. The van der Waals surface area contributed by atoms with E-state index in [2.05, 4.69) is 10.3 Å². The second kappa shape index (κ2) is 6.02. The van der Waals surface area contributed by atoms with E-state index in [-0.39, 0.29) is 5.92 Å². The topological polar surface area (TPSA) is 79.3 Å². The molecule has 1 rings (SSSR count). The first kappa shape index (κ1) is 12.4. The molecule has 0 aliphatic heterocycles. The maximum absolute atomic E-state index is 11.1. The molecule has 86 valence electrons. The van der Waals surface area contributed by atoms with Gasteiger partial charge in [0.05, 0.1) is 5.01 Å². The Kier molecular flexibility index (Phi) is 4.65. The van der Waals surface area contributed by atoms with Gasteiger partial charge < -0.3 is 10.4 Å². The molecule has 2 N–H and O–H groups in total. The van der Waals surface area contributed by atoms with Crippen molar-refractivity contribution in [1.29, 1.82) is 0 Å². The number of aliphatic carboxylic acids is 1. The summed E-state index contributed by atoms with van der Waals surface area (Å²) in [5.74, 6) is -1.42. The molecule has 1 unspecified atom stereocenters. The zero-order chi connectivity index (χ0) is 12.0. The van der Waals surface area contributed by atoms with Crippen LogP contribution in [0.2, 0.25) is 0 Å². The number of carbonyl (C=O) groups excluding carboxylic acids is 1. The van der Waals surface area contributed by atoms with Crippen molar-refractivity contribution in [2.45, 2.75) is 12.8 Å². The van der Waals surface area contributed by atoms with Crippen LogP contribution >= 0.6 is 11.3 Å². The van der Waals surface area contributed by atoms with Crippen molar-refractivity contribution in [3.8, 4) is 0 Å². The Labute approximate surface area is 96.8 Å². The molecule has 0 saturated carbocycles. The monoisotopic (exact) mass is 240 g/mol. The third kappa shape index (κ3) is 4.22. The Balaban J connectivity index is 2.35. The molecule has 0 aliphatic carbocycles. The predicted octanol–water partition coefficient (Wildman–Crippen LogP) is 1.00. The van der Waals surface area contributed by atoms with E-state index in [4.69, 9.17) is 5.11 Å². The minimum atomic E-state index is -1.14. The van der Waals surface area contributed by atoms with Crippen LogP contribution in [0.1, 0.15) is 17.8 Å². The number of thiazole rings is 1. The molecular weight excluding hydrogens is 228 g/mol. The average molecular weight is 240 g/mol. The van der Waals surface area contributed by atoms with Crippen LogP contribution in [0.15, 0.2) is 23.7 Å². The van der Waals surface area contributed by atoms with Crippen molar-refractivity contribution < 1.29 is 14.7 Å². The zero-order valence-electron chi connectivity index (χ0n) is 8.71. The van der Waals surface area contributed by atoms with Gasteiger partial charge in [0.25, 0.3) is 0 Å². The summed E-state index contributed by atoms with van der Waals surface area (Å²) in [5.41, 5.74) is 0. The summed E-state index contributed by atoms with van der Waals surface area (Å²) in [6.07, 6.45) is 3.52. The Morgan fingerprint density at radius 3 is 2.94 bits per heavy atom. The Bertz CT molecular complexity index is 387. The number of nitrogens with one attached hydrogen (secondary N) is 1. The molecule has 0 bridgehead atoms. The van der Waals surface area contributed by atoms with Crippen molar-refractivity contribution in [3.63, 3.8) is 0 Å². The lowest BCUT2D eigenvalue weighted by atomic mass is 10.2. The zero-order valence-corrected chi connectivity index (χ0v) is 9.53. The Morgan fingerprint density at radius 1 is 1.62 bits per heavy atom. The molecule has 0 fully saturated rings. The van der Waals surface area contributed by atoms with E-state index in [1.54, 1.807) is 6.20 Å². The lowest BCUT2D eigenvalue weighted by Crippen LogP contribution is -2.25. The van der Waals surface area contributed by atoms with Gasteiger partial charge in [0, 0.05) is 36.2 Å². The fourth-order valence-electron chi connectivity index (χ4n) is 1.02. The second-order valence-electron chi connectivity index (χ2n) is 3.19. The number of carboxylic acids is 1. The minimum absolute atomic E-state index is 0.127. The van der Waals surface area contributed by atoms with Crippen LogP contribution in [0.5, 0.6) is 0 Å². The lowest BCUT2D eigenvalue weighted by molar-refractivity contribution is -0.131. The average Bonchev–Trinajstić information content (AvgIpc) is 2.76. The first-order valence-corrected chi connectivity index (χ1v) is 5.55. The van der Waals surface area contributed by atoms with Gasteiger partial charge in [-0.05, 0) is 0 Å². The molecule has 0 aliphatic rings. The summed E-state index contributed by atoms with van der Waals surface area (Å²) in [6, 6.07) is 0. The fraction of sp³-hybridized carbons (Fsp3) is 0.300. The van der Waals surface area contributed by atoms with Gasteiger partial charge in [-0.2, -0.15) is 0 Å². The maximum atomic E-state index is 11.1. The van der Waals surface area contributed by atoms with Gasteiger partial charge in [0.2, 0.25) is 5.91 Å². The normalized spacial score (nSPS) is 12.6. The summed E-state index contributed by atoms with van der Waals surface area (Å²) in [5, 5.41) is 13.7.